The summed E-state index contributed by atoms with van der Waals surface area (Å²) in [5, 5.41) is 3.99. The number of rotatable bonds is 2. The van der Waals surface area contributed by atoms with E-state index in [0.29, 0.717) is 10.0 Å². The van der Waals surface area contributed by atoms with Gasteiger partial charge < -0.3 is 0 Å². The Bertz CT molecular complexity index is 748. The Morgan fingerprint density at radius 2 is 1.60 bits per heavy atom. The number of halogens is 2. The van der Waals surface area contributed by atoms with Gasteiger partial charge >= 0.3 is 0 Å². The normalized spacial score (nSPS) is 10.8. The van der Waals surface area contributed by atoms with E-state index in [1.807, 2.05) is 48.7 Å². The van der Waals surface area contributed by atoms with Gasteiger partial charge in [0.15, 0.2) is 0 Å². The van der Waals surface area contributed by atoms with Crippen LogP contribution in [0.2, 0.25) is 10.0 Å². The summed E-state index contributed by atoms with van der Waals surface area (Å²) in [4.78, 5) is 9.07. The van der Waals surface area contributed by atoms with Gasteiger partial charge in [-0.25, -0.2) is 4.98 Å². The van der Waals surface area contributed by atoms with Crippen LogP contribution in [0.4, 0.5) is 0 Å². The first-order valence-electron chi connectivity index (χ1n) is 5.99. The summed E-state index contributed by atoms with van der Waals surface area (Å²) in [6, 6.07) is 11.3. The zero-order valence-corrected chi connectivity index (χ0v) is 12.9. The van der Waals surface area contributed by atoms with Crippen LogP contribution in [0.25, 0.3) is 22.0 Å². The molecule has 100 valence electrons. The van der Waals surface area contributed by atoms with Crippen molar-refractivity contribution in [2.45, 2.75) is 6.92 Å². The summed E-state index contributed by atoms with van der Waals surface area (Å²) in [7, 11) is 0. The molecule has 5 heteroatoms. The molecule has 0 fully saturated rings. The first kappa shape index (κ1) is 13.6. The second-order valence-corrected chi connectivity index (χ2v) is 5.97. The summed E-state index contributed by atoms with van der Waals surface area (Å²) in [5.74, 6) is 0. The topological polar surface area (TPSA) is 25.8 Å². The van der Waals surface area contributed by atoms with Crippen LogP contribution >= 0.6 is 34.5 Å². The fourth-order valence-corrected chi connectivity index (χ4v) is 3.47. The first-order valence-corrected chi connectivity index (χ1v) is 7.62. The van der Waals surface area contributed by atoms with E-state index in [9.17, 15) is 0 Å². The quantitative estimate of drug-likeness (QED) is 0.624. The SMILES string of the molecule is Cc1cccc(-c2csc(-c3c(Cl)cccc3Cl)n2)n1. The van der Waals surface area contributed by atoms with Crippen molar-refractivity contribution in [2.75, 3.05) is 0 Å². The fourth-order valence-electron chi connectivity index (χ4n) is 1.89. The van der Waals surface area contributed by atoms with Crippen molar-refractivity contribution < 1.29 is 0 Å². The van der Waals surface area contributed by atoms with Gasteiger partial charge in [-0.15, -0.1) is 11.3 Å². The lowest BCUT2D eigenvalue weighted by Gasteiger charge is -2.02. The van der Waals surface area contributed by atoms with Gasteiger partial charge in [-0.3, -0.25) is 4.98 Å². The van der Waals surface area contributed by atoms with Crippen LogP contribution in [-0.4, -0.2) is 9.97 Å². The summed E-state index contributed by atoms with van der Waals surface area (Å²) in [6.07, 6.45) is 0. The summed E-state index contributed by atoms with van der Waals surface area (Å²) < 4.78 is 0. The number of benzene rings is 1. The molecule has 0 bridgehead atoms. The van der Waals surface area contributed by atoms with E-state index in [0.717, 1.165) is 27.7 Å². The average molecular weight is 321 g/mol. The minimum atomic E-state index is 0.607. The lowest BCUT2D eigenvalue weighted by molar-refractivity contribution is 1.19. The predicted molar refractivity (Wildman–Crippen MR) is 85.5 cm³/mol. The Morgan fingerprint density at radius 1 is 0.900 bits per heavy atom. The predicted octanol–water partition coefficient (Wildman–Crippen LogP) is 5.49. The Hall–Kier alpha value is -1.42. The molecule has 2 nitrogen and oxygen atoms in total. The number of aromatic nitrogens is 2. The standard InChI is InChI=1S/C15H10Cl2N2S/c1-9-4-2-7-12(18-9)13-8-20-15(19-13)14-10(16)5-3-6-11(14)17/h2-8H,1H3. The minimum Gasteiger partial charge on any atom is -0.251 e. The maximum Gasteiger partial charge on any atom is 0.127 e. The monoisotopic (exact) mass is 320 g/mol. The number of pyridine rings is 1. The van der Waals surface area contributed by atoms with Crippen molar-refractivity contribution >= 4 is 34.5 Å². The van der Waals surface area contributed by atoms with Crippen molar-refractivity contribution in [3.63, 3.8) is 0 Å². The minimum absolute atomic E-state index is 0.607. The van der Waals surface area contributed by atoms with Gasteiger partial charge in [-0.05, 0) is 31.2 Å². The second-order valence-electron chi connectivity index (χ2n) is 4.30. The maximum atomic E-state index is 6.21. The van der Waals surface area contributed by atoms with Gasteiger partial charge in [0.25, 0.3) is 0 Å². The van der Waals surface area contributed by atoms with Crippen LogP contribution in [0.1, 0.15) is 5.69 Å². The number of hydrogen-bond donors (Lipinski definition) is 0. The lowest BCUT2D eigenvalue weighted by atomic mass is 10.2. The van der Waals surface area contributed by atoms with Crippen LogP contribution in [0.5, 0.6) is 0 Å². The Labute approximate surface area is 131 Å². The van der Waals surface area contributed by atoms with Gasteiger partial charge in [0.2, 0.25) is 0 Å². The summed E-state index contributed by atoms with van der Waals surface area (Å²) >= 11 is 13.9. The molecule has 0 saturated carbocycles. The highest BCUT2D eigenvalue weighted by atomic mass is 35.5. The number of aryl methyl sites for hydroxylation is 1. The van der Waals surface area contributed by atoms with Gasteiger partial charge in [0.1, 0.15) is 10.7 Å². The van der Waals surface area contributed by atoms with Gasteiger partial charge in [0.05, 0.1) is 15.7 Å². The molecule has 3 aromatic rings. The lowest BCUT2D eigenvalue weighted by Crippen LogP contribution is -1.87. The Kier molecular flexibility index (Phi) is 3.74. The largest absolute Gasteiger partial charge is 0.251 e. The highest BCUT2D eigenvalue weighted by Crippen LogP contribution is 2.37. The van der Waals surface area contributed by atoms with E-state index in [-0.39, 0.29) is 0 Å². The third kappa shape index (κ3) is 2.57. The average Bonchev–Trinajstić information content (AvgIpc) is 2.88. The fraction of sp³-hybridized carbons (Fsp3) is 0.0667. The van der Waals surface area contributed by atoms with Gasteiger partial charge in [-0.1, -0.05) is 35.3 Å². The molecule has 0 atom stereocenters. The van der Waals surface area contributed by atoms with Gasteiger partial charge in [0, 0.05) is 16.6 Å². The third-order valence-corrected chi connectivity index (χ3v) is 4.32. The van der Waals surface area contributed by atoms with Crippen molar-refractivity contribution in [3.8, 4) is 22.0 Å². The van der Waals surface area contributed by atoms with Crippen LogP contribution in [0, 0.1) is 6.92 Å². The molecule has 0 unspecified atom stereocenters. The molecule has 0 aliphatic heterocycles. The van der Waals surface area contributed by atoms with E-state index in [4.69, 9.17) is 23.2 Å². The molecule has 0 saturated heterocycles. The molecule has 0 amide bonds. The van der Waals surface area contributed by atoms with Crippen LogP contribution in [-0.2, 0) is 0 Å². The molecule has 2 heterocycles. The van der Waals surface area contributed by atoms with Crippen molar-refractivity contribution in [2.24, 2.45) is 0 Å². The second kappa shape index (κ2) is 5.52. The summed E-state index contributed by atoms with van der Waals surface area (Å²) in [6.45, 7) is 1.96. The molecular weight excluding hydrogens is 311 g/mol. The molecule has 0 spiro atoms. The molecule has 20 heavy (non-hydrogen) atoms. The van der Waals surface area contributed by atoms with Crippen LogP contribution < -0.4 is 0 Å². The molecule has 2 aromatic heterocycles. The first-order chi connectivity index (χ1) is 9.65. The number of hydrogen-bond acceptors (Lipinski definition) is 3. The molecule has 0 aliphatic carbocycles. The van der Waals surface area contributed by atoms with E-state index in [1.54, 1.807) is 0 Å². The van der Waals surface area contributed by atoms with Gasteiger partial charge in [-0.2, -0.15) is 0 Å². The smallest absolute Gasteiger partial charge is 0.127 e. The Morgan fingerprint density at radius 3 is 2.30 bits per heavy atom. The van der Waals surface area contributed by atoms with Crippen molar-refractivity contribution in [1.82, 2.24) is 9.97 Å². The number of nitrogens with zero attached hydrogens (tertiary/aromatic N) is 2. The van der Waals surface area contributed by atoms with E-state index < -0.39 is 0 Å². The highest BCUT2D eigenvalue weighted by Gasteiger charge is 2.13. The zero-order valence-electron chi connectivity index (χ0n) is 10.6. The Balaban J connectivity index is 2.07. The van der Waals surface area contributed by atoms with Crippen molar-refractivity contribution in [1.29, 1.82) is 0 Å². The maximum absolute atomic E-state index is 6.21. The molecule has 0 N–H and O–H groups in total. The van der Waals surface area contributed by atoms with Crippen LogP contribution in [0.3, 0.4) is 0 Å². The number of thiazole rings is 1. The van der Waals surface area contributed by atoms with E-state index in [1.165, 1.54) is 11.3 Å². The highest BCUT2D eigenvalue weighted by molar-refractivity contribution is 7.13. The third-order valence-electron chi connectivity index (χ3n) is 2.83. The summed E-state index contributed by atoms with van der Waals surface area (Å²) in [5.41, 5.74) is 3.44. The van der Waals surface area contributed by atoms with Crippen molar-refractivity contribution in [3.05, 3.63) is 57.5 Å². The molecule has 1 aromatic carbocycles. The molecule has 0 radical (unpaired) electrons. The van der Waals surface area contributed by atoms with E-state index in [2.05, 4.69) is 9.97 Å². The zero-order chi connectivity index (χ0) is 14.1. The molecule has 3 rings (SSSR count). The van der Waals surface area contributed by atoms with Crippen LogP contribution in [0.15, 0.2) is 41.8 Å². The molecule has 0 aliphatic rings. The molecular formula is C15H10Cl2N2S. The van der Waals surface area contributed by atoms with E-state index >= 15 is 0 Å².